The van der Waals surface area contributed by atoms with Crippen LogP contribution in [-0.4, -0.2) is 33.2 Å². The molecule has 0 unspecified atom stereocenters. The van der Waals surface area contributed by atoms with Gasteiger partial charge in [0.05, 0.1) is 4.90 Å². The van der Waals surface area contributed by atoms with Gasteiger partial charge in [0.25, 0.3) is 9.84 Å². The van der Waals surface area contributed by atoms with Gasteiger partial charge in [-0.2, -0.15) is 13.2 Å². The zero-order chi connectivity index (χ0) is 15.4. The highest BCUT2D eigenvalue weighted by atomic mass is 32.2. The third-order valence-electron chi connectivity index (χ3n) is 2.14. The molecule has 0 aromatic heterocycles. The van der Waals surface area contributed by atoms with E-state index < -0.39 is 26.3 Å². The number of alkyl halides is 3. The second kappa shape index (κ2) is 5.99. The summed E-state index contributed by atoms with van der Waals surface area (Å²) in [5.41, 5.74) is -0.244. The summed E-state index contributed by atoms with van der Waals surface area (Å²) in [7, 11) is -5.34. The first kappa shape index (κ1) is 16.1. The molecule has 6 nitrogen and oxygen atoms in total. The zero-order valence-electron chi connectivity index (χ0n) is 9.98. The molecule has 112 valence electrons. The largest absolute Gasteiger partial charge is 0.501 e. The molecule has 0 fully saturated rings. The lowest BCUT2D eigenvalue weighted by atomic mass is 10.3. The van der Waals surface area contributed by atoms with Crippen molar-refractivity contribution in [2.45, 2.75) is 10.4 Å². The Morgan fingerprint density at radius 2 is 1.80 bits per heavy atom. The van der Waals surface area contributed by atoms with Crippen molar-refractivity contribution in [1.82, 2.24) is 0 Å². The lowest BCUT2D eigenvalue weighted by Crippen LogP contribution is -2.23. The lowest BCUT2D eigenvalue weighted by molar-refractivity contribution is -0.0436. The van der Waals surface area contributed by atoms with E-state index in [1.54, 1.807) is 0 Å². The van der Waals surface area contributed by atoms with E-state index in [0.29, 0.717) is 5.69 Å². The summed E-state index contributed by atoms with van der Waals surface area (Å²) in [6, 6.07) is 4.01. The second-order valence-electron chi connectivity index (χ2n) is 3.57. The first-order valence-electron chi connectivity index (χ1n) is 5.22. The average molecular weight is 312 g/mol. The molecule has 1 aromatic carbocycles. The fraction of sp³-hybridized carbons (Fsp3) is 0.300. The van der Waals surface area contributed by atoms with Crippen LogP contribution in [-0.2, 0) is 14.6 Å². The maximum atomic E-state index is 12.3. The Morgan fingerprint density at radius 3 is 2.25 bits per heavy atom. The molecule has 20 heavy (non-hydrogen) atoms. The number of hydrogen-bond donors (Lipinski definition) is 2. The Bertz CT molecular complexity index is 569. The van der Waals surface area contributed by atoms with E-state index in [-0.39, 0.29) is 13.2 Å². The fourth-order valence-corrected chi connectivity index (χ4v) is 1.99. The summed E-state index contributed by atoms with van der Waals surface area (Å²) in [5, 5.41) is 2.71. The van der Waals surface area contributed by atoms with Gasteiger partial charge in [-0.3, -0.25) is 0 Å². The summed E-state index contributed by atoms with van der Waals surface area (Å²) in [6.07, 6.45) is -0.946. The van der Waals surface area contributed by atoms with E-state index in [2.05, 4.69) is 10.1 Å². The van der Waals surface area contributed by atoms with Crippen LogP contribution in [0.4, 0.5) is 23.7 Å². The number of ether oxygens (including phenoxy) is 1. The third-order valence-corrected chi connectivity index (χ3v) is 3.65. The highest BCUT2D eigenvalue weighted by molar-refractivity contribution is 7.92. The van der Waals surface area contributed by atoms with Crippen LogP contribution in [0.15, 0.2) is 29.2 Å². The van der Waals surface area contributed by atoms with Crippen molar-refractivity contribution < 1.29 is 31.1 Å². The van der Waals surface area contributed by atoms with Crippen molar-refractivity contribution in [3.8, 4) is 0 Å². The molecular formula is C10H11F3N2O4S. The molecular weight excluding hydrogens is 301 g/mol. The minimum Gasteiger partial charge on any atom is -0.448 e. The molecule has 0 bridgehead atoms. The maximum Gasteiger partial charge on any atom is 0.501 e. The van der Waals surface area contributed by atoms with E-state index in [9.17, 15) is 26.4 Å². The molecule has 0 heterocycles. The van der Waals surface area contributed by atoms with E-state index >= 15 is 0 Å². The number of nitrogens with one attached hydrogen (secondary N) is 1. The highest BCUT2D eigenvalue weighted by Crippen LogP contribution is 2.30. The number of halogens is 3. The van der Waals surface area contributed by atoms with Gasteiger partial charge in [0.15, 0.2) is 0 Å². The number of carbonyl (C=O) groups excluding carboxylic acids is 1. The number of nitrogens with two attached hydrogens (primary N) is 1. The van der Waals surface area contributed by atoms with Crippen molar-refractivity contribution in [3.63, 3.8) is 0 Å². The van der Waals surface area contributed by atoms with Gasteiger partial charge in [-0.1, -0.05) is 0 Å². The molecule has 0 radical (unpaired) electrons. The molecule has 1 rings (SSSR count). The predicted octanol–water partition coefficient (Wildman–Crippen LogP) is 1.49. The Kier molecular flexibility index (Phi) is 4.82. The molecule has 1 aromatic rings. The van der Waals surface area contributed by atoms with Crippen LogP contribution in [0, 0.1) is 0 Å². The van der Waals surface area contributed by atoms with Crippen molar-refractivity contribution in [3.05, 3.63) is 24.3 Å². The van der Waals surface area contributed by atoms with Crippen LogP contribution < -0.4 is 11.1 Å². The van der Waals surface area contributed by atoms with E-state index in [1.165, 1.54) is 12.1 Å². The smallest absolute Gasteiger partial charge is 0.448 e. The van der Waals surface area contributed by atoms with Gasteiger partial charge >= 0.3 is 11.6 Å². The van der Waals surface area contributed by atoms with Gasteiger partial charge in [-0.05, 0) is 24.3 Å². The van der Waals surface area contributed by atoms with Crippen LogP contribution in [0.2, 0.25) is 0 Å². The first-order valence-corrected chi connectivity index (χ1v) is 6.70. The molecule has 0 saturated heterocycles. The number of carbonyl (C=O) groups is 1. The maximum absolute atomic E-state index is 12.3. The third kappa shape index (κ3) is 4.02. The van der Waals surface area contributed by atoms with E-state index in [4.69, 9.17) is 5.73 Å². The Morgan fingerprint density at radius 1 is 1.25 bits per heavy atom. The fourth-order valence-electron chi connectivity index (χ4n) is 1.23. The summed E-state index contributed by atoms with van der Waals surface area (Å²) in [5.74, 6) is 0. The molecule has 0 saturated carbocycles. The molecule has 0 aliphatic rings. The molecule has 0 aliphatic carbocycles. The number of benzene rings is 1. The van der Waals surface area contributed by atoms with Crippen molar-refractivity contribution in [2.75, 3.05) is 18.5 Å². The van der Waals surface area contributed by atoms with E-state index in [1.807, 2.05) is 0 Å². The van der Waals surface area contributed by atoms with Crippen LogP contribution >= 0.6 is 0 Å². The Labute approximate surface area is 112 Å². The molecule has 0 aliphatic heterocycles. The molecule has 0 atom stereocenters. The van der Waals surface area contributed by atoms with Crippen molar-refractivity contribution >= 4 is 21.6 Å². The minimum atomic E-state index is -5.34. The van der Waals surface area contributed by atoms with Gasteiger partial charge in [0, 0.05) is 12.2 Å². The monoisotopic (exact) mass is 312 g/mol. The second-order valence-corrected chi connectivity index (χ2v) is 5.51. The van der Waals surface area contributed by atoms with Crippen LogP contribution in [0.3, 0.4) is 0 Å². The standard InChI is InChI=1S/C10H11F3N2O4S/c11-10(12,13)20(17,18)8-3-1-7(2-4-8)15-5-6-19-9(14)16/h1-4,15H,5-6H2,(H2,14,16). The van der Waals surface area contributed by atoms with Gasteiger partial charge in [-0.25, -0.2) is 13.2 Å². The van der Waals surface area contributed by atoms with Gasteiger partial charge in [0.1, 0.15) is 6.61 Å². The lowest BCUT2D eigenvalue weighted by Gasteiger charge is -2.10. The summed E-state index contributed by atoms with van der Waals surface area (Å²) < 4.78 is 63.4. The van der Waals surface area contributed by atoms with Gasteiger partial charge in [0.2, 0.25) is 0 Å². The van der Waals surface area contributed by atoms with E-state index in [0.717, 1.165) is 12.1 Å². The predicted molar refractivity (Wildman–Crippen MR) is 63.7 cm³/mol. The number of amides is 1. The van der Waals surface area contributed by atoms with Crippen molar-refractivity contribution in [1.29, 1.82) is 0 Å². The van der Waals surface area contributed by atoms with Crippen molar-refractivity contribution in [2.24, 2.45) is 5.73 Å². The summed E-state index contributed by atoms with van der Waals surface area (Å²) in [4.78, 5) is 9.42. The Balaban J connectivity index is 2.68. The number of primary amides is 1. The molecule has 10 heteroatoms. The van der Waals surface area contributed by atoms with Crippen LogP contribution in [0.5, 0.6) is 0 Å². The zero-order valence-corrected chi connectivity index (χ0v) is 10.8. The quantitative estimate of drug-likeness (QED) is 0.803. The highest BCUT2D eigenvalue weighted by Gasteiger charge is 2.46. The van der Waals surface area contributed by atoms with Gasteiger partial charge < -0.3 is 15.8 Å². The van der Waals surface area contributed by atoms with Crippen LogP contribution in [0.1, 0.15) is 0 Å². The number of rotatable bonds is 5. The summed E-state index contributed by atoms with van der Waals surface area (Å²) >= 11 is 0. The summed E-state index contributed by atoms with van der Waals surface area (Å²) in [6.45, 7) is 0.145. The number of anilines is 1. The minimum absolute atomic E-state index is 0.0298. The first-order chi connectivity index (χ1) is 9.14. The SMILES string of the molecule is NC(=O)OCCNc1ccc(S(=O)(=O)C(F)(F)F)cc1. The van der Waals surface area contributed by atoms with Crippen LogP contribution in [0.25, 0.3) is 0 Å². The average Bonchev–Trinajstić information content (AvgIpc) is 2.33. The molecule has 0 spiro atoms. The normalized spacial score (nSPS) is 11.9. The number of hydrogen-bond acceptors (Lipinski definition) is 5. The Hall–Kier alpha value is -1.97. The number of sulfone groups is 1. The molecule has 3 N–H and O–H groups in total. The topological polar surface area (TPSA) is 98.5 Å². The van der Waals surface area contributed by atoms with Gasteiger partial charge in [-0.15, -0.1) is 0 Å². The molecule has 1 amide bonds.